The molecule has 0 saturated heterocycles. The molecule has 112 valence electrons. The number of hydrogen-bond donors (Lipinski definition) is 2. The largest absolute Gasteiger partial charge is 0.480 e. The van der Waals surface area contributed by atoms with Crippen molar-refractivity contribution >= 4 is 5.97 Å². The molecular weight excluding hydrogens is 240 g/mol. The molecule has 19 heavy (non-hydrogen) atoms. The molecule has 0 radical (unpaired) electrons. The van der Waals surface area contributed by atoms with Crippen molar-refractivity contribution in [2.45, 2.75) is 65.0 Å². The van der Waals surface area contributed by atoms with Crippen molar-refractivity contribution in [3.8, 4) is 0 Å². The zero-order valence-corrected chi connectivity index (χ0v) is 12.7. The highest BCUT2D eigenvalue weighted by Gasteiger charge is 2.27. The average Bonchev–Trinajstić information content (AvgIpc) is 2.85. The van der Waals surface area contributed by atoms with E-state index in [4.69, 9.17) is 0 Å². The zero-order chi connectivity index (χ0) is 14.3. The van der Waals surface area contributed by atoms with Gasteiger partial charge in [0.05, 0.1) is 0 Å². The van der Waals surface area contributed by atoms with Crippen LogP contribution in [0.3, 0.4) is 0 Å². The molecule has 1 aliphatic carbocycles. The maximum Gasteiger partial charge on any atom is 0.322 e. The molecule has 4 nitrogen and oxygen atoms in total. The van der Waals surface area contributed by atoms with E-state index < -0.39 is 12.0 Å². The molecule has 0 aromatic heterocycles. The van der Waals surface area contributed by atoms with Gasteiger partial charge in [0.15, 0.2) is 0 Å². The molecule has 1 saturated carbocycles. The maximum atomic E-state index is 11.4. The van der Waals surface area contributed by atoms with E-state index in [1.54, 1.807) is 0 Å². The molecule has 1 rings (SSSR count). The van der Waals surface area contributed by atoms with Gasteiger partial charge in [-0.1, -0.05) is 33.6 Å². The first-order valence-corrected chi connectivity index (χ1v) is 7.74. The van der Waals surface area contributed by atoms with E-state index in [0.29, 0.717) is 18.5 Å². The summed E-state index contributed by atoms with van der Waals surface area (Å²) in [6, 6.07) is 0.159. The van der Waals surface area contributed by atoms with E-state index in [-0.39, 0.29) is 0 Å². The molecule has 1 fully saturated rings. The second-order valence-electron chi connectivity index (χ2n) is 6.13. The van der Waals surface area contributed by atoms with Crippen LogP contribution in [0, 0.1) is 5.92 Å². The molecule has 0 heterocycles. The lowest BCUT2D eigenvalue weighted by atomic mass is 10.1. The number of nitrogens with one attached hydrogen (secondary N) is 1. The second kappa shape index (κ2) is 8.54. The Labute approximate surface area is 117 Å². The average molecular weight is 270 g/mol. The topological polar surface area (TPSA) is 52.6 Å². The molecular formula is C15H30N2O2. The molecule has 0 aliphatic heterocycles. The van der Waals surface area contributed by atoms with E-state index in [1.165, 1.54) is 25.7 Å². The molecule has 0 spiro atoms. The molecule has 4 heteroatoms. The van der Waals surface area contributed by atoms with Crippen LogP contribution < -0.4 is 5.32 Å². The summed E-state index contributed by atoms with van der Waals surface area (Å²) in [6.07, 6.45) is 6.01. The van der Waals surface area contributed by atoms with Crippen LogP contribution in [-0.4, -0.2) is 47.7 Å². The Morgan fingerprint density at radius 2 is 1.95 bits per heavy atom. The lowest BCUT2D eigenvalue weighted by Gasteiger charge is -2.32. The Hall–Kier alpha value is -0.610. The highest BCUT2D eigenvalue weighted by molar-refractivity contribution is 5.73. The third kappa shape index (κ3) is 5.91. The molecule has 1 unspecified atom stereocenters. The summed E-state index contributed by atoms with van der Waals surface area (Å²) < 4.78 is 0. The third-order valence-corrected chi connectivity index (χ3v) is 3.80. The predicted octanol–water partition coefficient (Wildman–Crippen LogP) is 2.34. The summed E-state index contributed by atoms with van der Waals surface area (Å²) in [7, 11) is 0. The molecule has 2 N–H and O–H groups in total. The molecule has 0 aromatic carbocycles. The van der Waals surface area contributed by atoms with Crippen molar-refractivity contribution in [2.24, 2.45) is 5.92 Å². The lowest BCUT2D eigenvalue weighted by molar-refractivity contribution is -0.140. The summed E-state index contributed by atoms with van der Waals surface area (Å²) in [5, 5.41) is 12.5. The fourth-order valence-corrected chi connectivity index (χ4v) is 2.89. The van der Waals surface area contributed by atoms with E-state index in [1.807, 2.05) is 0 Å². The Kier molecular flexibility index (Phi) is 7.39. The predicted molar refractivity (Wildman–Crippen MR) is 78.4 cm³/mol. The minimum absolute atomic E-state index is 0.431. The standard InChI is InChI=1S/C15H30N2O2/c1-4-9-16-14(15(18)19)11-17(10-12(2)3)13-7-5-6-8-13/h12-14,16H,4-11H2,1-3H3,(H,18,19). The van der Waals surface area contributed by atoms with E-state index in [0.717, 1.165) is 19.5 Å². The van der Waals surface area contributed by atoms with Gasteiger partial charge in [0.1, 0.15) is 6.04 Å². The van der Waals surface area contributed by atoms with Crippen LogP contribution in [0.2, 0.25) is 0 Å². The van der Waals surface area contributed by atoms with Crippen molar-refractivity contribution in [2.75, 3.05) is 19.6 Å². The summed E-state index contributed by atoms with van der Waals surface area (Å²) in [4.78, 5) is 13.8. The smallest absolute Gasteiger partial charge is 0.322 e. The van der Waals surface area contributed by atoms with Crippen LogP contribution in [0.1, 0.15) is 52.9 Å². The van der Waals surface area contributed by atoms with Gasteiger partial charge < -0.3 is 10.4 Å². The molecule has 0 aromatic rings. The van der Waals surface area contributed by atoms with Gasteiger partial charge in [-0.2, -0.15) is 0 Å². The van der Waals surface area contributed by atoms with Crippen LogP contribution in [0.5, 0.6) is 0 Å². The first-order valence-electron chi connectivity index (χ1n) is 7.74. The van der Waals surface area contributed by atoms with E-state index in [2.05, 4.69) is 31.0 Å². The number of rotatable bonds is 9. The van der Waals surface area contributed by atoms with Crippen molar-refractivity contribution in [3.63, 3.8) is 0 Å². The van der Waals surface area contributed by atoms with Crippen molar-refractivity contribution in [1.82, 2.24) is 10.2 Å². The Balaban J connectivity index is 2.58. The van der Waals surface area contributed by atoms with E-state index in [9.17, 15) is 9.90 Å². The van der Waals surface area contributed by atoms with Gasteiger partial charge in [0.25, 0.3) is 0 Å². The van der Waals surface area contributed by atoms with Crippen LogP contribution in [0.4, 0.5) is 0 Å². The van der Waals surface area contributed by atoms with Crippen molar-refractivity contribution in [1.29, 1.82) is 0 Å². The third-order valence-electron chi connectivity index (χ3n) is 3.80. The SMILES string of the molecule is CCCNC(CN(CC(C)C)C1CCCC1)C(=O)O. The number of hydrogen-bond acceptors (Lipinski definition) is 3. The summed E-state index contributed by atoms with van der Waals surface area (Å²) >= 11 is 0. The molecule has 1 atom stereocenters. The monoisotopic (exact) mass is 270 g/mol. The van der Waals surface area contributed by atoms with Crippen LogP contribution in [-0.2, 0) is 4.79 Å². The highest BCUT2D eigenvalue weighted by Crippen LogP contribution is 2.24. The number of carboxylic acids is 1. The van der Waals surface area contributed by atoms with Gasteiger partial charge in [-0.15, -0.1) is 0 Å². The van der Waals surface area contributed by atoms with Crippen molar-refractivity contribution < 1.29 is 9.90 Å². The van der Waals surface area contributed by atoms with Crippen LogP contribution >= 0.6 is 0 Å². The minimum atomic E-state index is -0.722. The quantitative estimate of drug-likeness (QED) is 0.675. The van der Waals surface area contributed by atoms with Gasteiger partial charge in [-0.25, -0.2) is 0 Å². The van der Waals surface area contributed by atoms with Gasteiger partial charge in [-0.3, -0.25) is 9.69 Å². The maximum absolute atomic E-state index is 11.4. The van der Waals surface area contributed by atoms with Crippen LogP contribution in [0.15, 0.2) is 0 Å². The summed E-state index contributed by atoms with van der Waals surface area (Å²) in [5.74, 6) is -0.138. The molecule has 1 aliphatic rings. The first-order chi connectivity index (χ1) is 9.04. The fourth-order valence-electron chi connectivity index (χ4n) is 2.89. The first kappa shape index (κ1) is 16.4. The summed E-state index contributed by atoms with van der Waals surface area (Å²) in [5.41, 5.74) is 0. The molecule has 0 amide bonds. The number of nitrogens with zero attached hydrogens (tertiary/aromatic N) is 1. The number of carboxylic acid groups (broad SMARTS) is 1. The Morgan fingerprint density at radius 1 is 1.32 bits per heavy atom. The normalized spacial score (nSPS) is 18.4. The van der Waals surface area contributed by atoms with Gasteiger partial charge in [0.2, 0.25) is 0 Å². The zero-order valence-electron chi connectivity index (χ0n) is 12.7. The fraction of sp³-hybridized carbons (Fsp3) is 0.933. The minimum Gasteiger partial charge on any atom is -0.480 e. The number of carbonyl (C=O) groups is 1. The van der Waals surface area contributed by atoms with Gasteiger partial charge >= 0.3 is 5.97 Å². The number of aliphatic carboxylic acids is 1. The molecule has 0 bridgehead atoms. The van der Waals surface area contributed by atoms with Crippen molar-refractivity contribution in [3.05, 3.63) is 0 Å². The second-order valence-corrected chi connectivity index (χ2v) is 6.13. The van der Waals surface area contributed by atoms with Gasteiger partial charge in [-0.05, 0) is 31.7 Å². The van der Waals surface area contributed by atoms with Gasteiger partial charge in [0, 0.05) is 19.1 Å². The van der Waals surface area contributed by atoms with Crippen LogP contribution in [0.25, 0.3) is 0 Å². The Bertz CT molecular complexity index is 263. The Morgan fingerprint density at radius 3 is 2.42 bits per heavy atom. The summed E-state index contributed by atoms with van der Waals surface area (Å²) in [6.45, 7) is 8.89. The van der Waals surface area contributed by atoms with E-state index >= 15 is 0 Å². The highest BCUT2D eigenvalue weighted by atomic mass is 16.4. The lowest BCUT2D eigenvalue weighted by Crippen LogP contribution is -2.49.